The van der Waals surface area contributed by atoms with Gasteiger partial charge >= 0.3 is 0 Å². The molecule has 0 radical (unpaired) electrons. The minimum atomic E-state index is 0.857. The highest BCUT2D eigenvalue weighted by atomic mass is 15.1. The smallest absolute Gasteiger partial charge is 0.000934 e. The molecule has 0 heterocycles. The van der Waals surface area contributed by atoms with E-state index in [-0.39, 0.29) is 0 Å². The highest BCUT2D eigenvalue weighted by Crippen LogP contribution is 2.11. The molecule has 0 saturated heterocycles. The fourth-order valence-electron chi connectivity index (χ4n) is 2.30. The van der Waals surface area contributed by atoms with E-state index in [9.17, 15) is 0 Å². The van der Waals surface area contributed by atoms with Crippen molar-refractivity contribution in [3.63, 3.8) is 0 Å². The number of rotatable bonds is 12. The molecule has 0 aromatic rings. The van der Waals surface area contributed by atoms with E-state index in [1.54, 1.807) is 0 Å². The summed E-state index contributed by atoms with van der Waals surface area (Å²) in [5, 5.41) is 0. The summed E-state index contributed by atoms with van der Waals surface area (Å²) >= 11 is 0. The zero-order chi connectivity index (χ0) is 12.9. The fraction of sp³-hybridized carbons (Fsp3) is 1.00. The van der Waals surface area contributed by atoms with Crippen molar-refractivity contribution in [1.82, 2.24) is 4.90 Å². The number of nitrogens with zero attached hydrogens (tertiary/aromatic N) is 1. The van der Waals surface area contributed by atoms with Gasteiger partial charge in [0.1, 0.15) is 0 Å². The number of unbranched alkanes of at least 4 members (excludes halogenated alkanes) is 4. The maximum absolute atomic E-state index is 5.49. The Labute approximate surface area is 109 Å². The van der Waals surface area contributed by atoms with E-state index >= 15 is 0 Å². The molecule has 2 heteroatoms. The lowest BCUT2D eigenvalue weighted by atomic mass is 10.0. The van der Waals surface area contributed by atoms with Crippen molar-refractivity contribution in [3.8, 4) is 0 Å². The van der Waals surface area contributed by atoms with Gasteiger partial charge in [0.05, 0.1) is 0 Å². The van der Waals surface area contributed by atoms with Gasteiger partial charge in [0.2, 0.25) is 0 Å². The van der Waals surface area contributed by atoms with Gasteiger partial charge in [-0.25, -0.2) is 0 Å². The summed E-state index contributed by atoms with van der Waals surface area (Å²) in [6.07, 6.45) is 9.26. The Balaban J connectivity index is 3.53. The van der Waals surface area contributed by atoms with Crippen LogP contribution in [0, 0.1) is 5.92 Å². The summed E-state index contributed by atoms with van der Waals surface area (Å²) < 4.78 is 0. The molecule has 0 saturated carbocycles. The first-order valence-corrected chi connectivity index (χ1v) is 7.70. The molecule has 0 atom stereocenters. The zero-order valence-corrected chi connectivity index (χ0v) is 12.4. The maximum atomic E-state index is 5.49. The average Bonchev–Trinajstić information content (AvgIpc) is 2.37. The molecule has 0 aliphatic carbocycles. The molecule has 0 aliphatic rings. The van der Waals surface area contributed by atoms with Gasteiger partial charge in [-0.1, -0.05) is 52.9 Å². The van der Waals surface area contributed by atoms with Crippen LogP contribution >= 0.6 is 0 Å². The molecule has 0 unspecified atom stereocenters. The van der Waals surface area contributed by atoms with E-state index in [4.69, 9.17) is 5.73 Å². The largest absolute Gasteiger partial charge is 0.330 e. The third kappa shape index (κ3) is 9.61. The third-order valence-electron chi connectivity index (χ3n) is 3.80. The summed E-state index contributed by atoms with van der Waals surface area (Å²) in [6, 6.07) is 0. The molecule has 2 N–H and O–H groups in total. The highest BCUT2D eigenvalue weighted by molar-refractivity contribution is 4.63. The number of nitrogens with two attached hydrogens (primary N) is 1. The van der Waals surface area contributed by atoms with Gasteiger partial charge in [0, 0.05) is 6.54 Å². The normalized spacial score (nSPS) is 11.6. The first-order chi connectivity index (χ1) is 8.28. The second-order valence-corrected chi connectivity index (χ2v) is 5.13. The molecular weight excluding hydrogens is 208 g/mol. The highest BCUT2D eigenvalue weighted by Gasteiger charge is 2.09. The van der Waals surface area contributed by atoms with Crippen LogP contribution in [0.15, 0.2) is 0 Å². The molecule has 0 fully saturated rings. The van der Waals surface area contributed by atoms with Crippen LogP contribution in [-0.4, -0.2) is 31.1 Å². The maximum Gasteiger partial charge on any atom is 0.000934 e. The van der Waals surface area contributed by atoms with Crippen LogP contribution in [0.3, 0.4) is 0 Å². The van der Waals surface area contributed by atoms with Crippen molar-refractivity contribution in [3.05, 3.63) is 0 Å². The quantitative estimate of drug-likeness (QED) is 0.529. The Bertz CT molecular complexity index is 144. The fourth-order valence-corrected chi connectivity index (χ4v) is 2.30. The molecule has 104 valence electrons. The minimum Gasteiger partial charge on any atom is -0.330 e. The molecular formula is C15H34N2. The first kappa shape index (κ1) is 16.9. The summed E-state index contributed by atoms with van der Waals surface area (Å²) in [5.41, 5.74) is 5.49. The lowest BCUT2D eigenvalue weighted by Crippen LogP contribution is -2.30. The molecule has 0 aromatic carbocycles. The Hall–Kier alpha value is -0.0800. The van der Waals surface area contributed by atoms with Gasteiger partial charge < -0.3 is 10.6 Å². The lowest BCUT2D eigenvalue weighted by Gasteiger charge is -2.25. The van der Waals surface area contributed by atoms with Crippen LogP contribution in [-0.2, 0) is 0 Å². The topological polar surface area (TPSA) is 29.3 Å². The van der Waals surface area contributed by atoms with Gasteiger partial charge in [-0.2, -0.15) is 0 Å². The van der Waals surface area contributed by atoms with Crippen molar-refractivity contribution < 1.29 is 0 Å². The molecule has 0 spiro atoms. The van der Waals surface area contributed by atoms with Crippen LogP contribution in [0.5, 0.6) is 0 Å². The SMILES string of the molecule is CCC(CC)CN(CC)CCCCCCCN. The molecule has 0 rings (SSSR count). The summed E-state index contributed by atoms with van der Waals surface area (Å²) in [6.45, 7) is 11.6. The van der Waals surface area contributed by atoms with Crippen molar-refractivity contribution >= 4 is 0 Å². The van der Waals surface area contributed by atoms with Gasteiger partial charge in [0.15, 0.2) is 0 Å². The van der Waals surface area contributed by atoms with E-state index in [2.05, 4.69) is 25.7 Å². The Morgan fingerprint density at radius 3 is 2.00 bits per heavy atom. The van der Waals surface area contributed by atoms with E-state index in [1.807, 2.05) is 0 Å². The van der Waals surface area contributed by atoms with Gasteiger partial charge in [0.25, 0.3) is 0 Å². The standard InChI is InChI=1S/C15H34N2/c1-4-15(5-2)14-17(6-3)13-11-9-7-8-10-12-16/h15H,4-14,16H2,1-3H3. The molecule has 2 nitrogen and oxygen atoms in total. The summed E-state index contributed by atoms with van der Waals surface area (Å²) in [4.78, 5) is 2.63. The third-order valence-corrected chi connectivity index (χ3v) is 3.80. The average molecular weight is 242 g/mol. The Kier molecular flexibility index (Phi) is 12.3. The van der Waals surface area contributed by atoms with Crippen molar-refractivity contribution in [1.29, 1.82) is 0 Å². The van der Waals surface area contributed by atoms with Crippen molar-refractivity contribution in [2.24, 2.45) is 11.7 Å². The van der Waals surface area contributed by atoms with Crippen LogP contribution in [0.1, 0.15) is 65.7 Å². The lowest BCUT2D eigenvalue weighted by molar-refractivity contribution is 0.229. The van der Waals surface area contributed by atoms with E-state index in [0.717, 1.165) is 12.5 Å². The number of hydrogen-bond acceptors (Lipinski definition) is 2. The predicted octanol–water partition coefficient (Wildman–Crippen LogP) is 3.65. The minimum absolute atomic E-state index is 0.857. The molecule has 0 amide bonds. The summed E-state index contributed by atoms with van der Waals surface area (Å²) in [5.74, 6) is 0.896. The first-order valence-electron chi connectivity index (χ1n) is 7.70. The van der Waals surface area contributed by atoms with E-state index in [0.29, 0.717) is 0 Å². The molecule has 0 aliphatic heterocycles. The zero-order valence-electron chi connectivity index (χ0n) is 12.4. The Morgan fingerprint density at radius 2 is 1.47 bits per heavy atom. The molecule has 0 aromatic heterocycles. The molecule has 17 heavy (non-hydrogen) atoms. The van der Waals surface area contributed by atoms with Crippen LogP contribution in [0.2, 0.25) is 0 Å². The van der Waals surface area contributed by atoms with Crippen molar-refractivity contribution in [2.75, 3.05) is 26.2 Å². The molecule has 0 bridgehead atoms. The van der Waals surface area contributed by atoms with Gasteiger partial charge in [-0.15, -0.1) is 0 Å². The Morgan fingerprint density at radius 1 is 0.882 bits per heavy atom. The van der Waals surface area contributed by atoms with E-state index in [1.165, 1.54) is 64.6 Å². The van der Waals surface area contributed by atoms with Crippen LogP contribution in [0.25, 0.3) is 0 Å². The van der Waals surface area contributed by atoms with Crippen LogP contribution < -0.4 is 5.73 Å². The second kappa shape index (κ2) is 12.4. The predicted molar refractivity (Wildman–Crippen MR) is 78.3 cm³/mol. The van der Waals surface area contributed by atoms with Gasteiger partial charge in [-0.3, -0.25) is 0 Å². The van der Waals surface area contributed by atoms with Gasteiger partial charge in [-0.05, 0) is 38.4 Å². The van der Waals surface area contributed by atoms with E-state index < -0.39 is 0 Å². The van der Waals surface area contributed by atoms with Crippen LogP contribution in [0.4, 0.5) is 0 Å². The monoisotopic (exact) mass is 242 g/mol. The summed E-state index contributed by atoms with van der Waals surface area (Å²) in [7, 11) is 0. The van der Waals surface area contributed by atoms with Crippen molar-refractivity contribution in [2.45, 2.75) is 65.7 Å². The second-order valence-electron chi connectivity index (χ2n) is 5.13. The number of hydrogen-bond donors (Lipinski definition) is 1.